The molecule has 0 N–H and O–H groups in total. The van der Waals surface area contributed by atoms with Gasteiger partial charge in [-0.1, -0.05) is 19.9 Å². The quantitative estimate of drug-likeness (QED) is 0.715. The summed E-state index contributed by atoms with van der Waals surface area (Å²) >= 11 is 6.06. The smallest absolute Gasteiger partial charge is 0.126 e. The first-order valence-corrected chi connectivity index (χ1v) is 6.43. The van der Waals surface area contributed by atoms with Gasteiger partial charge in [-0.05, 0) is 24.0 Å². The first-order chi connectivity index (χ1) is 8.12. The third-order valence-electron chi connectivity index (χ3n) is 2.82. The van der Waals surface area contributed by atoms with E-state index in [0.717, 1.165) is 23.5 Å². The van der Waals surface area contributed by atoms with Crippen LogP contribution in [0.1, 0.15) is 31.7 Å². The van der Waals surface area contributed by atoms with E-state index >= 15 is 0 Å². The highest BCUT2D eigenvalue weighted by atomic mass is 35.5. The van der Waals surface area contributed by atoms with Gasteiger partial charge in [0.05, 0.1) is 14.2 Å². The molecule has 0 amide bonds. The van der Waals surface area contributed by atoms with E-state index in [1.165, 1.54) is 0 Å². The van der Waals surface area contributed by atoms with Crippen LogP contribution in [-0.4, -0.2) is 20.1 Å². The van der Waals surface area contributed by atoms with Crippen molar-refractivity contribution >= 4 is 11.6 Å². The molecule has 0 heterocycles. The zero-order valence-electron chi connectivity index (χ0n) is 11.0. The third kappa shape index (κ3) is 3.81. The average Bonchev–Trinajstić information content (AvgIpc) is 2.35. The van der Waals surface area contributed by atoms with Gasteiger partial charge in [0.25, 0.3) is 0 Å². The summed E-state index contributed by atoms with van der Waals surface area (Å²) in [6.45, 7) is 4.41. The Hall–Kier alpha value is -0.890. The van der Waals surface area contributed by atoms with Gasteiger partial charge in [0.1, 0.15) is 11.5 Å². The predicted octanol–water partition coefficient (Wildman–Crippen LogP) is 4.07. The maximum atomic E-state index is 6.06. The Morgan fingerprint density at radius 3 is 2.35 bits per heavy atom. The van der Waals surface area contributed by atoms with Crippen molar-refractivity contribution in [3.05, 3.63) is 23.8 Å². The minimum absolute atomic E-state index is 0.331. The number of alkyl halides is 1. The molecule has 1 aromatic carbocycles. The summed E-state index contributed by atoms with van der Waals surface area (Å²) in [5.41, 5.74) is 1.16. The largest absolute Gasteiger partial charge is 0.497 e. The summed E-state index contributed by atoms with van der Waals surface area (Å²) in [6.07, 6.45) is 1.06. The van der Waals surface area contributed by atoms with E-state index in [0.29, 0.717) is 17.7 Å². The molecule has 0 aliphatic rings. The van der Waals surface area contributed by atoms with Crippen LogP contribution >= 0.6 is 11.6 Å². The van der Waals surface area contributed by atoms with Crippen LogP contribution in [0.25, 0.3) is 0 Å². The van der Waals surface area contributed by atoms with Crippen molar-refractivity contribution < 1.29 is 9.47 Å². The van der Waals surface area contributed by atoms with Gasteiger partial charge < -0.3 is 9.47 Å². The summed E-state index contributed by atoms with van der Waals surface area (Å²) in [5.74, 6) is 3.23. The molecule has 0 radical (unpaired) electrons. The summed E-state index contributed by atoms with van der Waals surface area (Å²) in [5, 5.41) is 0. The average molecular weight is 257 g/mol. The monoisotopic (exact) mass is 256 g/mol. The van der Waals surface area contributed by atoms with Crippen molar-refractivity contribution in [2.24, 2.45) is 5.92 Å². The number of ether oxygens (including phenoxy) is 2. The van der Waals surface area contributed by atoms with Gasteiger partial charge in [0.15, 0.2) is 0 Å². The van der Waals surface area contributed by atoms with Crippen LogP contribution in [0.5, 0.6) is 11.5 Å². The van der Waals surface area contributed by atoms with Gasteiger partial charge >= 0.3 is 0 Å². The minimum Gasteiger partial charge on any atom is -0.497 e. The topological polar surface area (TPSA) is 18.5 Å². The standard InChI is InChI=1S/C14H21ClO2/c1-10(2)7-11(9-15)13-6-5-12(16-3)8-14(13)17-4/h5-6,8,10-11H,7,9H2,1-4H3. The van der Waals surface area contributed by atoms with Crippen molar-refractivity contribution in [3.63, 3.8) is 0 Å². The number of benzene rings is 1. The lowest BCUT2D eigenvalue weighted by molar-refractivity contribution is 0.386. The zero-order chi connectivity index (χ0) is 12.8. The Morgan fingerprint density at radius 2 is 1.88 bits per heavy atom. The van der Waals surface area contributed by atoms with Crippen LogP contribution < -0.4 is 9.47 Å². The Bertz CT molecular complexity index is 350. The van der Waals surface area contributed by atoms with Crippen molar-refractivity contribution in [2.75, 3.05) is 20.1 Å². The second-order valence-corrected chi connectivity index (χ2v) is 4.90. The third-order valence-corrected chi connectivity index (χ3v) is 3.20. The van der Waals surface area contributed by atoms with Crippen LogP contribution in [0.2, 0.25) is 0 Å². The molecular weight excluding hydrogens is 236 g/mol. The minimum atomic E-state index is 0.331. The van der Waals surface area contributed by atoms with Crippen LogP contribution in [0, 0.1) is 5.92 Å². The highest BCUT2D eigenvalue weighted by Gasteiger charge is 2.17. The van der Waals surface area contributed by atoms with Crippen LogP contribution in [0.3, 0.4) is 0 Å². The fourth-order valence-corrected chi connectivity index (χ4v) is 2.29. The zero-order valence-corrected chi connectivity index (χ0v) is 11.8. The van der Waals surface area contributed by atoms with E-state index in [4.69, 9.17) is 21.1 Å². The molecule has 1 rings (SSSR count). The predicted molar refractivity (Wildman–Crippen MR) is 72.5 cm³/mol. The Morgan fingerprint density at radius 1 is 1.18 bits per heavy atom. The van der Waals surface area contributed by atoms with Gasteiger partial charge in [-0.15, -0.1) is 11.6 Å². The molecule has 0 fully saturated rings. The molecule has 0 bridgehead atoms. The number of hydrogen-bond acceptors (Lipinski definition) is 2. The van der Waals surface area contributed by atoms with Gasteiger partial charge in [-0.3, -0.25) is 0 Å². The SMILES string of the molecule is COc1ccc(C(CCl)CC(C)C)c(OC)c1. The molecule has 0 spiro atoms. The van der Waals surface area contributed by atoms with E-state index in [1.54, 1.807) is 14.2 Å². The summed E-state index contributed by atoms with van der Waals surface area (Å²) in [6, 6.07) is 5.92. The normalized spacial score (nSPS) is 12.6. The molecule has 0 aliphatic heterocycles. The Labute approximate surface area is 109 Å². The van der Waals surface area contributed by atoms with E-state index in [1.807, 2.05) is 18.2 Å². The van der Waals surface area contributed by atoms with Crippen LogP contribution in [0.4, 0.5) is 0 Å². The molecule has 0 aromatic heterocycles. The lowest BCUT2D eigenvalue weighted by Crippen LogP contribution is -2.06. The Kier molecular flexibility index (Phi) is 5.63. The molecule has 0 aliphatic carbocycles. The van der Waals surface area contributed by atoms with Crippen molar-refractivity contribution in [1.82, 2.24) is 0 Å². The second-order valence-electron chi connectivity index (χ2n) is 4.59. The number of methoxy groups -OCH3 is 2. The lowest BCUT2D eigenvalue weighted by atomic mass is 9.91. The first-order valence-electron chi connectivity index (χ1n) is 5.90. The van der Waals surface area contributed by atoms with E-state index in [2.05, 4.69) is 13.8 Å². The van der Waals surface area contributed by atoms with Crippen molar-refractivity contribution in [2.45, 2.75) is 26.2 Å². The molecule has 96 valence electrons. The maximum absolute atomic E-state index is 6.06. The maximum Gasteiger partial charge on any atom is 0.126 e. The number of rotatable bonds is 6. The van der Waals surface area contributed by atoms with E-state index in [9.17, 15) is 0 Å². The highest BCUT2D eigenvalue weighted by Crippen LogP contribution is 2.34. The van der Waals surface area contributed by atoms with Gasteiger partial charge in [-0.25, -0.2) is 0 Å². The molecule has 1 aromatic rings. The molecule has 3 heteroatoms. The van der Waals surface area contributed by atoms with Crippen LogP contribution in [0.15, 0.2) is 18.2 Å². The molecular formula is C14H21ClO2. The van der Waals surface area contributed by atoms with Gasteiger partial charge in [0, 0.05) is 17.9 Å². The molecule has 17 heavy (non-hydrogen) atoms. The fraction of sp³-hybridized carbons (Fsp3) is 0.571. The van der Waals surface area contributed by atoms with E-state index < -0.39 is 0 Å². The molecule has 0 saturated heterocycles. The molecule has 2 nitrogen and oxygen atoms in total. The van der Waals surface area contributed by atoms with Crippen molar-refractivity contribution in [1.29, 1.82) is 0 Å². The number of halogens is 1. The van der Waals surface area contributed by atoms with Gasteiger partial charge in [-0.2, -0.15) is 0 Å². The summed E-state index contributed by atoms with van der Waals surface area (Å²) in [4.78, 5) is 0. The first kappa shape index (κ1) is 14.2. The summed E-state index contributed by atoms with van der Waals surface area (Å²) in [7, 11) is 3.33. The van der Waals surface area contributed by atoms with Crippen molar-refractivity contribution in [3.8, 4) is 11.5 Å². The Balaban J connectivity index is 3.01. The number of hydrogen-bond donors (Lipinski definition) is 0. The molecule has 0 saturated carbocycles. The lowest BCUT2D eigenvalue weighted by Gasteiger charge is -2.20. The van der Waals surface area contributed by atoms with E-state index in [-0.39, 0.29) is 0 Å². The highest BCUT2D eigenvalue weighted by molar-refractivity contribution is 6.18. The second kappa shape index (κ2) is 6.75. The molecule has 1 unspecified atom stereocenters. The van der Waals surface area contributed by atoms with Crippen LogP contribution in [-0.2, 0) is 0 Å². The molecule has 1 atom stereocenters. The summed E-state index contributed by atoms with van der Waals surface area (Å²) < 4.78 is 10.6. The fourth-order valence-electron chi connectivity index (χ4n) is 2.00. The van der Waals surface area contributed by atoms with Gasteiger partial charge in [0.2, 0.25) is 0 Å².